The van der Waals surface area contributed by atoms with Crippen LogP contribution in [0, 0.1) is 13.8 Å². The predicted molar refractivity (Wildman–Crippen MR) is 56.4 cm³/mol. The van der Waals surface area contributed by atoms with Crippen molar-refractivity contribution in [1.82, 2.24) is 4.98 Å². The highest BCUT2D eigenvalue weighted by Crippen LogP contribution is 2.32. The van der Waals surface area contributed by atoms with E-state index in [4.69, 9.17) is 5.11 Å². The molecule has 0 atom stereocenters. The number of hydrogen-bond donors (Lipinski definition) is 3. The number of aryl methyl sites for hydroxylation is 2. The van der Waals surface area contributed by atoms with E-state index in [0.29, 0.717) is 16.6 Å². The van der Waals surface area contributed by atoms with Crippen molar-refractivity contribution in [3.63, 3.8) is 0 Å². The number of aromatic hydroxyl groups is 1. The molecule has 0 unspecified atom stereocenters. The van der Waals surface area contributed by atoms with Gasteiger partial charge in [-0.2, -0.15) is 0 Å². The van der Waals surface area contributed by atoms with Crippen LogP contribution in [0.2, 0.25) is 0 Å². The number of carboxylic acids is 1. The molecule has 0 fully saturated rings. The van der Waals surface area contributed by atoms with Gasteiger partial charge in [0.15, 0.2) is 0 Å². The van der Waals surface area contributed by atoms with Crippen LogP contribution in [0.4, 0.5) is 0 Å². The third-order valence-electron chi connectivity index (χ3n) is 2.54. The smallest absolute Gasteiger partial charge is 0.338 e. The number of fused-ring (bicyclic) bond motifs is 1. The van der Waals surface area contributed by atoms with Crippen molar-refractivity contribution < 1.29 is 15.0 Å². The average molecular weight is 205 g/mol. The Labute approximate surface area is 86.2 Å². The van der Waals surface area contributed by atoms with Crippen LogP contribution in [0.15, 0.2) is 12.1 Å². The van der Waals surface area contributed by atoms with E-state index in [1.807, 2.05) is 6.92 Å². The Kier molecular flexibility index (Phi) is 1.93. The van der Waals surface area contributed by atoms with E-state index in [9.17, 15) is 9.90 Å². The number of hydrogen-bond acceptors (Lipinski definition) is 2. The van der Waals surface area contributed by atoms with Crippen molar-refractivity contribution in [3.8, 4) is 5.75 Å². The second-order valence-corrected chi connectivity index (χ2v) is 3.58. The molecule has 0 saturated carbocycles. The first-order valence-electron chi connectivity index (χ1n) is 4.56. The monoisotopic (exact) mass is 205 g/mol. The van der Waals surface area contributed by atoms with Gasteiger partial charge in [0.25, 0.3) is 0 Å². The Morgan fingerprint density at radius 3 is 2.60 bits per heavy atom. The van der Waals surface area contributed by atoms with Crippen LogP contribution in [-0.4, -0.2) is 21.2 Å². The normalized spacial score (nSPS) is 10.8. The molecule has 4 heteroatoms. The maximum atomic E-state index is 11.0. The third-order valence-corrected chi connectivity index (χ3v) is 2.54. The highest BCUT2D eigenvalue weighted by atomic mass is 16.4. The summed E-state index contributed by atoms with van der Waals surface area (Å²) in [6.07, 6.45) is 0. The highest BCUT2D eigenvalue weighted by molar-refractivity contribution is 6.07. The molecule has 3 N–H and O–H groups in total. The largest absolute Gasteiger partial charge is 0.507 e. The summed E-state index contributed by atoms with van der Waals surface area (Å²) in [6.45, 7) is 3.55. The molecule has 0 bridgehead atoms. The predicted octanol–water partition coefficient (Wildman–Crippen LogP) is 2.19. The zero-order chi connectivity index (χ0) is 11.2. The molecule has 1 aromatic heterocycles. The average Bonchev–Trinajstić information content (AvgIpc) is 2.50. The van der Waals surface area contributed by atoms with Crippen LogP contribution in [0.1, 0.15) is 21.6 Å². The van der Waals surface area contributed by atoms with Gasteiger partial charge in [0.1, 0.15) is 5.75 Å². The third kappa shape index (κ3) is 1.26. The minimum atomic E-state index is -1.03. The van der Waals surface area contributed by atoms with E-state index in [2.05, 4.69) is 4.98 Å². The maximum Gasteiger partial charge on any atom is 0.338 e. The van der Waals surface area contributed by atoms with Crippen molar-refractivity contribution in [1.29, 1.82) is 0 Å². The Morgan fingerprint density at radius 1 is 1.33 bits per heavy atom. The molecule has 4 nitrogen and oxygen atoms in total. The molecule has 78 valence electrons. The molecule has 0 saturated heterocycles. The van der Waals surface area contributed by atoms with Crippen molar-refractivity contribution >= 4 is 16.9 Å². The lowest BCUT2D eigenvalue weighted by molar-refractivity contribution is 0.0698. The van der Waals surface area contributed by atoms with Crippen LogP contribution < -0.4 is 0 Å². The molecule has 1 aromatic carbocycles. The summed E-state index contributed by atoms with van der Waals surface area (Å²) in [4.78, 5) is 14.0. The second-order valence-electron chi connectivity index (χ2n) is 3.58. The number of carboxylic acid groups (broad SMARTS) is 1. The van der Waals surface area contributed by atoms with E-state index >= 15 is 0 Å². The van der Waals surface area contributed by atoms with E-state index in [-0.39, 0.29) is 11.3 Å². The number of aromatic carboxylic acids is 1. The van der Waals surface area contributed by atoms with E-state index in [1.165, 1.54) is 6.07 Å². The first-order chi connectivity index (χ1) is 7.02. The summed E-state index contributed by atoms with van der Waals surface area (Å²) in [5.74, 6) is -1.03. The summed E-state index contributed by atoms with van der Waals surface area (Å²) in [5.41, 5.74) is 2.30. The number of aromatic amines is 1. The molecular formula is C11H11NO3. The number of carbonyl (C=O) groups is 1. The molecule has 0 aliphatic heterocycles. The number of phenolic OH excluding ortho intramolecular Hbond substituents is 1. The molecule has 0 aliphatic rings. The van der Waals surface area contributed by atoms with E-state index in [0.717, 1.165) is 5.56 Å². The van der Waals surface area contributed by atoms with Crippen LogP contribution in [0.25, 0.3) is 10.9 Å². The van der Waals surface area contributed by atoms with Crippen LogP contribution >= 0.6 is 0 Å². The summed E-state index contributed by atoms with van der Waals surface area (Å²) in [5, 5.41) is 19.1. The van der Waals surface area contributed by atoms with Gasteiger partial charge < -0.3 is 15.2 Å². The fourth-order valence-corrected chi connectivity index (χ4v) is 1.81. The molecule has 1 heterocycles. The Morgan fingerprint density at radius 2 is 2.00 bits per heavy atom. The van der Waals surface area contributed by atoms with Crippen molar-refractivity contribution in [3.05, 3.63) is 29.0 Å². The first kappa shape index (κ1) is 9.58. The lowest BCUT2D eigenvalue weighted by atomic mass is 10.1. The standard InChI is InChI=1S/C11H11NO3/c1-5-3-4-7(13)9-8(11(14)15)6(2)12-10(5)9/h3-4,12-13H,1-2H3,(H,14,15). The zero-order valence-electron chi connectivity index (χ0n) is 8.46. The molecule has 15 heavy (non-hydrogen) atoms. The number of nitrogens with one attached hydrogen (secondary N) is 1. The lowest BCUT2D eigenvalue weighted by Gasteiger charge is -1.99. The quantitative estimate of drug-likeness (QED) is 0.668. The van der Waals surface area contributed by atoms with Crippen LogP contribution in [0.5, 0.6) is 5.75 Å². The Bertz CT molecular complexity index is 554. The van der Waals surface area contributed by atoms with Gasteiger partial charge in [-0.25, -0.2) is 4.79 Å². The summed E-state index contributed by atoms with van der Waals surface area (Å²) in [6, 6.07) is 3.26. The van der Waals surface area contributed by atoms with Gasteiger partial charge in [-0.05, 0) is 25.5 Å². The summed E-state index contributed by atoms with van der Waals surface area (Å²) >= 11 is 0. The molecule has 2 rings (SSSR count). The van der Waals surface area contributed by atoms with E-state index < -0.39 is 5.97 Å². The van der Waals surface area contributed by atoms with Crippen LogP contribution in [-0.2, 0) is 0 Å². The van der Waals surface area contributed by atoms with Gasteiger partial charge in [0.2, 0.25) is 0 Å². The van der Waals surface area contributed by atoms with Crippen molar-refractivity contribution in [2.45, 2.75) is 13.8 Å². The van der Waals surface area contributed by atoms with E-state index in [1.54, 1.807) is 13.0 Å². The molecular weight excluding hydrogens is 194 g/mol. The molecule has 2 aromatic rings. The minimum absolute atomic E-state index is 0.00245. The van der Waals surface area contributed by atoms with Gasteiger partial charge >= 0.3 is 5.97 Å². The number of aromatic nitrogens is 1. The summed E-state index contributed by atoms with van der Waals surface area (Å²) < 4.78 is 0. The van der Waals surface area contributed by atoms with Gasteiger partial charge in [-0.1, -0.05) is 6.07 Å². The zero-order valence-corrected chi connectivity index (χ0v) is 8.46. The van der Waals surface area contributed by atoms with Crippen molar-refractivity contribution in [2.75, 3.05) is 0 Å². The SMILES string of the molecule is Cc1[nH]c2c(C)ccc(O)c2c1C(=O)O. The fourth-order valence-electron chi connectivity index (χ4n) is 1.81. The topological polar surface area (TPSA) is 73.3 Å². The number of phenols is 1. The minimum Gasteiger partial charge on any atom is -0.507 e. The van der Waals surface area contributed by atoms with Gasteiger partial charge in [0, 0.05) is 5.69 Å². The molecule has 0 amide bonds. The van der Waals surface area contributed by atoms with Crippen molar-refractivity contribution in [2.24, 2.45) is 0 Å². The summed E-state index contributed by atoms with van der Waals surface area (Å²) in [7, 11) is 0. The molecule has 0 spiro atoms. The molecule has 0 aliphatic carbocycles. The fraction of sp³-hybridized carbons (Fsp3) is 0.182. The highest BCUT2D eigenvalue weighted by Gasteiger charge is 2.18. The first-order valence-corrected chi connectivity index (χ1v) is 4.56. The van der Waals surface area contributed by atoms with Crippen LogP contribution in [0.3, 0.4) is 0 Å². The molecule has 0 radical (unpaired) electrons. The second kappa shape index (κ2) is 3.02. The number of rotatable bonds is 1. The van der Waals surface area contributed by atoms with Gasteiger partial charge in [0.05, 0.1) is 16.5 Å². The van der Waals surface area contributed by atoms with Gasteiger partial charge in [-0.3, -0.25) is 0 Å². The maximum absolute atomic E-state index is 11.0. The Balaban J connectivity index is 2.98. The van der Waals surface area contributed by atoms with Gasteiger partial charge in [-0.15, -0.1) is 0 Å². The number of H-pyrrole nitrogens is 1. The lowest BCUT2D eigenvalue weighted by Crippen LogP contribution is -1.97. The Hall–Kier alpha value is -1.97. The number of benzene rings is 1.